The van der Waals surface area contributed by atoms with Crippen molar-refractivity contribution in [3.63, 3.8) is 0 Å². The molecular weight excluding hydrogens is 273 g/mol. The molecule has 0 aliphatic carbocycles. The van der Waals surface area contributed by atoms with Crippen LogP contribution >= 0.6 is 0 Å². The zero-order valence-corrected chi connectivity index (χ0v) is 16.1. The van der Waals surface area contributed by atoms with Gasteiger partial charge in [-0.3, -0.25) is 0 Å². The Morgan fingerprint density at radius 2 is 0.727 bits per heavy atom. The first-order valence-electron chi connectivity index (χ1n) is 10.1. The summed E-state index contributed by atoms with van der Waals surface area (Å²) in [5.41, 5.74) is 0. The van der Waals surface area contributed by atoms with Crippen LogP contribution < -0.4 is 4.70 Å². The molecule has 0 atom stereocenters. The van der Waals surface area contributed by atoms with E-state index >= 15 is 0 Å². The number of nitrogens with zero attached hydrogens (tertiary/aromatic N) is 1. The van der Waals surface area contributed by atoms with Gasteiger partial charge in [-0.25, -0.2) is 0 Å². The summed E-state index contributed by atoms with van der Waals surface area (Å²) in [5.74, 6) is 0. The van der Waals surface area contributed by atoms with Crippen molar-refractivity contribution in [2.45, 2.75) is 105 Å². The fourth-order valence-electron chi connectivity index (χ4n) is 3.38. The molecular formula is C20H44FN. The Labute approximate surface area is 140 Å². The average Bonchev–Trinajstić information content (AvgIpc) is 2.51. The Hall–Kier alpha value is -0.110. The smallest absolute Gasteiger partial charge is 0.0786 e. The van der Waals surface area contributed by atoms with Gasteiger partial charge in [0.15, 0.2) is 0 Å². The van der Waals surface area contributed by atoms with Crippen molar-refractivity contribution in [1.82, 2.24) is 0 Å². The average molecular weight is 318 g/mol. The SMILES string of the molecule is CCCCCCCC[N+](CCCC)(CCCC)CCCC.[F-]. The molecule has 0 spiro atoms. The fourth-order valence-corrected chi connectivity index (χ4v) is 3.38. The summed E-state index contributed by atoms with van der Waals surface area (Å²) in [4.78, 5) is 0. The van der Waals surface area contributed by atoms with Crippen LogP contribution in [0.5, 0.6) is 0 Å². The highest BCUT2D eigenvalue weighted by atomic mass is 19.0. The van der Waals surface area contributed by atoms with Crippen molar-refractivity contribution in [3.05, 3.63) is 0 Å². The standard InChI is InChI=1S/C20H44N.FH/c1-5-9-13-14-15-16-20-21(17-10-6-2,18-11-7-3)19-12-8-4;/h5-20H2,1-4H3;1H/q+1;/p-1. The van der Waals surface area contributed by atoms with Crippen molar-refractivity contribution in [2.75, 3.05) is 26.2 Å². The van der Waals surface area contributed by atoms with Gasteiger partial charge in [-0.05, 0) is 32.1 Å². The van der Waals surface area contributed by atoms with Gasteiger partial charge < -0.3 is 9.19 Å². The summed E-state index contributed by atoms with van der Waals surface area (Å²) in [7, 11) is 0. The van der Waals surface area contributed by atoms with E-state index in [-0.39, 0.29) is 4.70 Å². The van der Waals surface area contributed by atoms with E-state index in [4.69, 9.17) is 0 Å². The van der Waals surface area contributed by atoms with E-state index in [0.717, 1.165) is 0 Å². The largest absolute Gasteiger partial charge is 1.00 e. The van der Waals surface area contributed by atoms with Gasteiger partial charge in [0.2, 0.25) is 0 Å². The Morgan fingerprint density at radius 3 is 1.14 bits per heavy atom. The molecule has 0 aromatic carbocycles. The molecule has 0 aromatic rings. The Kier molecular flexibility index (Phi) is 18.9. The van der Waals surface area contributed by atoms with Gasteiger partial charge in [0.25, 0.3) is 0 Å². The minimum Gasteiger partial charge on any atom is -1.00 e. The lowest BCUT2D eigenvalue weighted by molar-refractivity contribution is -0.929. The number of hydrogen-bond acceptors (Lipinski definition) is 0. The normalized spacial score (nSPS) is 11.5. The van der Waals surface area contributed by atoms with Crippen molar-refractivity contribution in [2.24, 2.45) is 0 Å². The predicted octanol–water partition coefficient (Wildman–Crippen LogP) is 3.57. The second-order valence-corrected chi connectivity index (χ2v) is 7.06. The number of halogens is 1. The van der Waals surface area contributed by atoms with E-state index in [1.165, 1.54) is 108 Å². The minimum absolute atomic E-state index is 0. The van der Waals surface area contributed by atoms with Crippen LogP contribution in [0.25, 0.3) is 0 Å². The Bertz CT molecular complexity index is 184. The molecule has 136 valence electrons. The van der Waals surface area contributed by atoms with E-state index in [2.05, 4.69) is 27.7 Å². The molecule has 1 nitrogen and oxygen atoms in total. The maximum absolute atomic E-state index is 2.35. The molecule has 0 heterocycles. The van der Waals surface area contributed by atoms with E-state index in [9.17, 15) is 0 Å². The number of hydrogen-bond donors (Lipinski definition) is 0. The summed E-state index contributed by atoms with van der Waals surface area (Å²) in [5, 5.41) is 0. The topological polar surface area (TPSA) is 0 Å². The van der Waals surface area contributed by atoms with Crippen molar-refractivity contribution in [3.8, 4) is 0 Å². The van der Waals surface area contributed by atoms with E-state index in [1.54, 1.807) is 0 Å². The predicted molar refractivity (Wildman–Crippen MR) is 97.8 cm³/mol. The molecule has 0 aromatic heterocycles. The third-order valence-corrected chi connectivity index (χ3v) is 4.94. The second-order valence-electron chi connectivity index (χ2n) is 7.06. The van der Waals surface area contributed by atoms with E-state index in [1.807, 2.05) is 0 Å². The lowest BCUT2D eigenvalue weighted by atomic mass is 10.1. The molecule has 0 fully saturated rings. The molecule has 0 amide bonds. The van der Waals surface area contributed by atoms with Crippen LogP contribution in [0, 0.1) is 0 Å². The second kappa shape index (κ2) is 17.2. The summed E-state index contributed by atoms with van der Waals surface area (Å²) in [6, 6.07) is 0. The molecule has 2 heteroatoms. The van der Waals surface area contributed by atoms with Gasteiger partial charge in [-0.1, -0.05) is 72.6 Å². The lowest BCUT2D eigenvalue weighted by Gasteiger charge is -2.39. The van der Waals surface area contributed by atoms with Gasteiger partial charge in [0.1, 0.15) is 0 Å². The third kappa shape index (κ3) is 12.4. The van der Waals surface area contributed by atoms with E-state index in [0.29, 0.717) is 0 Å². The minimum atomic E-state index is 0. The van der Waals surface area contributed by atoms with Crippen molar-refractivity contribution < 1.29 is 9.19 Å². The first-order valence-corrected chi connectivity index (χ1v) is 10.1. The Morgan fingerprint density at radius 1 is 0.409 bits per heavy atom. The number of unbranched alkanes of at least 4 members (excludes halogenated alkanes) is 8. The summed E-state index contributed by atoms with van der Waals surface area (Å²) < 4.78 is 1.43. The van der Waals surface area contributed by atoms with Crippen LogP contribution in [-0.2, 0) is 0 Å². The van der Waals surface area contributed by atoms with Crippen molar-refractivity contribution >= 4 is 0 Å². The van der Waals surface area contributed by atoms with Gasteiger partial charge in [-0.2, -0.15) is 0 Å². The highest BCUT2D eigenvalue weighted by Gasteiger charge is 2.24. The Balaban J connectivity index is 0. The molecule has 0 saturated heterocycles. The third-order valence-electron chi connectivity index (χ3n) is 4.94. The van der Waals surface area contributed by atoms with Crippen molar-refractivity contribution in [1.29, 1.82) is 0 Å². The molecule has 0 saturated carbocycles. The van der Waals surface area contributed by atoms with Crippen LogP contribution in [-0.4, -0.2) is 30.7 Å². The van der Waals surface area contributed by atoms with Crippen LogP contribution in [0.1, 0.15) is 105 Å². The highest BCUT2D eigenvalue weighted by Crippen LogP contribution is 2.17. The molecule has 0 N–H and O–H groups in total. The number of quaternary nitrogens is 1. The fraction of sp³-hybridized carbons (Fsp3) is 1.00. The lowest BCUT2D eigenvalue weighted by Crippen LogP contribution is -3.00. The van der Waals surface area contributed by atoms with Gasteiger partial charge in [0.05, 0.1) is 26.2 Å². The quantitative estimate of drug-likeness (QED) is 0.302. The molecule has 0 aliphatic heterocycles. The summed E-state index contributed by atoms with van der Waals surface area (Å²) in [6.07, 6.45) is 17.0. The molecule has 0 unspecified atom stereocenters. The molecule has 0 bridgehead atoms. The number of rotatable bonds is 16. The molecule has 0 rings (SSSR count). The van der Waals surface area contributed by atoms with Crippen LogP contribution in [0.4, 0.5) is 0 Å². The van der Waals surface area contributed by atoms with Crippen LogP contribution in [0.2, 0.25) is 0 Å². The maximum atomic E-state index is 2.35. The van der Waals surface area contributed by atoms with Crippen LogP contribution in [0.15, 0.2) is 0 Å². The monoisotopic (exact) mass is 317 g/mol. The molecule has 22 heavy (non-hydrogen) atoms. The summed E-state index contributed by atoms with van der Waals surface area (Å²) >= 11 is 0. The van der Waals surface area contributed by atoms with Crippen LogP contribution in [0.3, 0.4) is 0 Å². The zero-order valence-electron chi connectivity index (χ0n) is 16.1. The van der Waals surface area contributed by atoms with E-state index < -0.39 is 0 Å². The highest BCUT2D eigenvalue weighted by molar-refractivity contribution is 4.51. The van der Waals surface area contributed by atoms with Gasteiger partial charge in [0, 0.05) is 0 Å². The first-order chi connectivity index (χ1) is 10.2. The molecule has 0 aliphatic rings. The molecule has 0 radical (unpaired) electrons. The summed E-state index contributed by atoms with van der Waals surface area (Å²) in [6.45, 7) is 15.1. The zero-order chi connectivity index (χ0) is 15.8. The van der Waals surface area contributed by atoms with Gasteiger partial charge in [-0.15, -0.1) is 0 Å². The van der Waals surface area contributed by atoms with Gasteiger partial charge >= 0.3 is 0 Å². The maximum Gasteiger partial charge on any atom is 0.0786 e. The first kappa shape index (κ1) is 24.1.